The Morgan fingerprint density at radius 2 is 1.52 bits per heavy atom. The van der Waals surface area contributed by atoms with Crippen molar-refractivity contribution in [2.24, 2.45) is 5.73 Å². The van der Waals surface area contributed by atoms with Crippen LogP contribution in [0.2, 0.25) is 0 Å². The topological polar surface area (TPSA) is 171 Å². The Morgan fingerprint density at radius 1 is 0.960 bits per heavy atom. The molecular formula is C15H20N4O6. The highest BCUT2D eigenvalue weighted by atomic mass is 16.4. The molecule has 1 aromatic rings. The Labute approximate surface area is 143 Å². The Morgan fingerprint density at radius 3 is 2.08 bits per heavy atom. The number of benzene rings is 1. The van der Waals surface area contributed by atoms with E-state index in [-0.39, 0.29) is 25.3 Å². The van der Waals surface area contributed by atoms with Crippen LogP contribution in [0.15, 0.2) is 24.3 Å². The summed E-state index contributed by atoms with van der Waals surface area (Å²) >= 11 is 0. The zero-order valence-corrected chi connectivity index (χ0v) is 13.3. The van der Waals surface area contributed by atoms with Gasteiger partial charge in [0, 0.05) is 6.42 Å². The Bertz CT molecular complexity index is 631. The number of nitrogens with two attached hydrogens (primary N) is 1. The van der Waals surface area contributed by atoms with Crippen LogP contribution in [0.1, 0.15) is 5.56 Å². The normalized spacial score (nSPS) is 11.2. The van der Waals surface area contributed by atoms with Crippen LogP contribution in [0.4, 0.5) is 0 Å². The highest BCUT2D eigenvalue weighted by Gasteiger charge is 2.20. The summed E-state index contributed by atoms with van der Waals surface area (Å²) < 4.78 is 0. The van der Waals surface area contributed by atoms with E-state index in [4.69, 9.17) is 5.73 Å². The first-order chi connectivity index (χ1) is 11.8. The van der Waals surface area contributed by atoms with Crippen molar-refractivity contribution >= 4 is 23.7 Å². The van der Waals surface area contributed by atoms with Crippen molar-refractivity contribution in [1.82, 2.24) is 16.0 Å². The molecule has 3 amide bonds. The van der Waals surface area contributed by atoms with Gasteiger partial charge in [0.15, 0.2) is 0 Å². The molecule has 0 aliphatic carbocycles. The number of carbonyl (C=O) groups is 4. The number of nitrogens with one attached hydrogen (secondary N) is 3. The summed E-state index contributed by atoms with van der Waals surface area (Å²) in [5.41, 5.74) is 5.67. The molecule has 0 radical (unpaired) electrons. The molecule has 0 saturated heterocycles. The van der Waals surface area contributed by atoms with Crippen LogP contribution < -0.4 is 21.7 Å². The minimum atomic E-state index is -1.23. The van der Waals surface area contributed by atoms with E-state index in [0.717, 1.165) is 0 Å². The van der Waals surface area contributed by atoms with E-state index in [1.165, 1.54) is 12.1 Å². The fraction of sp³-hybridized carbons (Fsp3) is 0.333. The first-order valence-corrected chi connectivity index (χ1v) is 7.35. The number of hydrogen-bond donors (Lipinski definition) is 6. The minimum absolute atomic E-state index is 0.0157. The van der Waals surface area contributed by atoms with Crippen LogP contribution in [0.3, 0.4) is 0 Å². The predicted molar refractivity (Wildman–Crippen MR) is 86.5 cm³/mol. The molecule has 136 valence electrons. The monoisotopic (exact) mass is 352 g/mol. The lowest BCUT2D eigenvalue weighted by Crippen LogP contribution is -2.48. The molecule has 1 unspecified atom stereocenters. The Hall–Kier alpha value is -3.14. The molecule has 0 heterocycles. The van der Waals surface area contributed by atoms with Crippen molar-refractivity contribution in [2.45, 2.75) is 12.5 Å². The Kier molecular flexibility index (Phi) is 7.87. The van der Waals surface area contributed by atoms with Crippen LogP contribution in [-0.2, 0) is 25.6 Å². The number of carboxylic acid groups (broad SMARTS) is 1. The van der Waals surface area contributed by atoms with Gasteiger partial charge in [-0.3, -0.25) is 14.4 Å². The number of hydrogen-bond acceptors (Lipinski definition) is 6. The zero-order chi connectivity index (χ0) is 18.8. The van der Waals surface area contributed by atoms with E-state index >= 15 is 0 Å². The van der Waals surface area contributed by atoms with Crippen LogP contribution >= 0.6 is 0 Å². The average Bonchev–Trinajstić information content (AvgIpc) is 2.58. The van der Waals surface area contributed by atoms with Crippen LogP contribution in [0, 0.1) is 0 Å². The second kappa shape index (κ2) is 9.88. The van der Waals surface area contributed by atoms with Gasteiger partial charge in [0.1, 0.15) is 11.8 Å². The number of amides is 3. The molecule has 0 aliphatic rings. The van der Waals surface area contributed by atoms with Gasteiger partial charge in [-0.05, 0) is 17.7 Å². The molecule has 1 rings (SSSR count). The fourth-order valence-electron chi connectivity index (χ4n) is 1.81. The van der Waals surface area contributed by atoms with Crippen molar-refractivity contribution in [3.8, 4) is 5.75 Å². The summed E-state index contributed by atoms with van der Waals surface area (Å²) in [7, 11) is 0. The number of aromatic hydroxyl groups is 1. The predicted octanol–water partition coefficient (Wildman–Crippen LogP) is -2.30. The maximum atomic E-state index is 11.8. The largest absolute Gasteiger partial charge is 0.508 e. The lowest BCUT2D eigenvalue weighted by Gasteiger charge is -2.15. The molecule has 0 saturated carbocycles. The molecule has 25 heavy (non-hydrogen) atoms. The van der Waals surface area contributed by atoms with Crippen molar-refractivity contribution in [1.29, 1.82) is 0 Å². The second-order valence-electron chi connectivity index (χ2n) is 5.09. The van der Waals surface area contributed by atoms with Crippen LogP contribution in [-0.4, -0.2) is 59.6 Å². The summed E-state index contributed by atoms with van der Waals surface area (Å²) in [4.78, 5) is 45.3. The number of carboxylic acids is 1. The summed E-state index contributed by atoms with van der Waals surface area (Å²) in [6.45, 7) is -1.03. The molecule has 0 aromatic heterocycles. The molecule has 1 aromatic carbocycles. The molecule has 0 aliphatic heterocycles. The van der Waals surface area contributed by atoms with E-state index in [0.29, 0.717) is 5.56 Å². The lowest BCUT2D eigenvalue weighted by molar-refractivity contribution is -0.141. The van der Waals surface area contributed by atoms with Gasteiger partial charge in [0.2, 0.25) is 17.7 Å². The quantitative estimate of drug-likeness (QED) is 0.290. The van der Waals surface area contributed by atoms with Crippen molar-refractivity contribution in [3.05, 3.63) is 29.8 Å². The molecule has 0 bridgehead atoms. The number of phenolic OH excluding ortho intramolecular Hbond substituents is 1. The first-order valence-electron chi connectivity index (χ1n) is 7.35. The standard InChI is InChI=1S/C15H20N4O6/c16-6-12(21)17-7-13(22)18-8-14(23)19-11(15(24)25)5-9-1-3-10(20)4-2-9/h1-4,11,20H,5-8,16H2,(H,17,21)(H,18,22)(H,19,23)(H,24,25). The number of phenols is 1. The van der Waals surface area contributed by atoms with Crippen LogP contribution in [0.25, 0.3) is 0 Å². The summed E-state index contributed by atoms with van der Waals surface area (Å²) in [6.07, 6.45) is 0.0157. The molecule has 10 heteroatoms. The number of aliphatic carboxylic acids is 1. The molecule has 10 nitrogen and oxygen atoms in total. The zero-order valence-electron chi connectivity index (χ0n) is 13.3. The third-order valence-corrected chi connectivity index (χ3v) is 3.09. The van der Waals surface area contributed by atoms with Crippen molar-refractivity contribution in [2.75, 3.05) is 19.6 Å². The van der Waals surface area contributed by atoms with Gasteiger partial charge in [-0.2, -0.15) is 0 Å². The van der Waals surface area contributed by atoms with Gasteiger partial charge < -0.3 is 31.9 Å². The van der Waals surface area contributed by atoms with Gasteiger partial charge >= 0.3 is 5.97 Å². The lowest BCUT2D eigenvalue weighted by atomic mass is 10.1. The maximum Gasteiger partial charge on any atom is 0.326 e. The fourth-order valence-corrected chi connectivity index (χ4v) is 1.81. The minimum Gasteiger partial charge on any atom is -0.508 e. The highest BCUT2D eigenvalue weighted by molar-refractivity contribution is 5.90. The van der Waals surface area contributed by atoms with E-state index in [1.807, 2.05) is 0 Å². The molecule has 7 N–H and O–H groups in total. The van der Waals surface area contributed by atoms with E-state index in [1.54, 1.807) is 12.1 Å². The number of rotatable bonds is 9. The van der Waals surface area contributed by atoms with Gasteiger partial charge in [0.25, 0.3) is 0 Å². The molecule has 0 spiro atoms. The van der Waals surface area contributed by atoms with Gasteiger partial charge in [-0.25, -0.2) is 4.79 Å². The third-order valence-electron chi connectivity index (χ3n) is 3.09. The summed E-state index contributed by atoms with van der Waals surface area (Å²) in [6, 6.07) is 4.71. The highest BCUT2D eigenvalue weighted by Crippen LogP contribution is 2.11. The van der Waals surface area contributed by atoms with E-state index in [9.17, 15) is 29.4 Å². The number of carbonyl (C=O) groups excluding carboxylic acids is 3. The summed E-state index contributed by atoms with van der Waals surface area (Å²) in [5.74, 6) is -3.00. The van der Waals surface area contributed by atoms with Crippen LogP contribution in [0.5, 0.6) is 5.75 Å². The molecule has 1 atom stereocenters. The van der Waals surface area contributed by atoms with Crippen molar-refractivity contribution < 1.29 is 29.4 Å². The van der Waals surface area contributed by atoms with Gasteiger partial charge in [-0.1, -0.05) is 12.1 Å². The van der Waals surface area contributed by atoms with E-state index in [2.05, 4.69) is 16.0 Å². The Balaban J connectivity index is 2.45. The SMILES string of the molecule is NCC(=O)NCC(=O)NCC(=O)NC(Cc1ccc(O)cc1)C(=O)O. The van der Waals surface area contributed by atoms with Gasteiger partial charge in [-0.15, -0.1) is 0 Å². The molecule has 0 fully saturated rings. The average molecular weight is 352 g/mol. The van der Waals surface area contributed by atoms with Gasteiger partial charge in [0.05, 0.1) is 19.6 Å². The smallest absolute Gasteiger partial charge is 0.326 e. The maximum absolute atomic E-state index is 11.8. The third kappa shape index (κ3) is 7.79. The first kappa shape index (κ1) is 19.9. The second-order valence-corrected chi connectivity index (χ2v) is 5.09. The van der Waals surface area contributed by atoms with E-state index < -0.39 is 36.3 Å². The molecular weight excluding hydrogens is 332 g/mol. The summed E-state index contributed by atoms with van der Waals surface area (Å²) in [5, 5.41) is 25.1. The van der Waals surface area contributed by atoms with Crippen molar-refractivity contribution in [3.63, 3.8) is 0 Å².